The third-order valence-electron chi connectivity index (χ3n) is 3.56. The summed E-state index contributed by atoms with van der Waals surface area (Å²) in [6, 6.07) is 0. The number of aliphatic carboxylic acids is 1. The van der Waals surface area contributed by atoms with E-state index in [1.165, 1.54) is 0 Å². The summed E-state index contributed by atoms with van der Waals surface area (Å²) < 4.78 is 5.05. The summed E-state index contributed by atoms with van der Waals surface area (Å²) in [6.45, 7) is -0.786. The summed E-state index contributed by atoms with van der Waals surface area (Å²) in [6.07, 6.45) is -5.15. The van der Waals surface area contributed by atoms with Crippen LogP contribution in [0.25, 0.3) is 0 Å². The van der Waals surface area contributed by atoms with Crippen LogP contribution in [0, 0.1) is 0 Å². The molecule has 118 valence electrons. The van der Waals surface area contributed by atoms with Crippen molar-refractivity contribution < 1.29 is 40.2 Å². The lowest BCUT2D eigenvalue weighted by Gasteiger charge is -2.45. The molecular weight excluding hydrogens is 272 g/mol. The summed E-state index contributed by atoms with van der Waals surface area (Å²) in [5.41, 5.74) is -1.98. The molecule has 0 aliphatic carbocycles. The molecule has 1 saturated heterocycles. The lowest BCUT2D eigenvalue weighted by atomic mass is 9.80. The van der Waals surface area contributed by atoms with Crippen LogP contribution < -0.4 is 0 Å². The van der Waals surface area contributed by atoms with E-state index >= 15 is 0 Å². The van der Waals surface area contributed by atoms with Gasteiger partial charge in [0.15, 0.2) is 0 Å². The fraction of sp³-hybridized carbons (Fsp3) is 0.917. The largest absolute Gasteiger partial charge is 0.481 e. The number of ether oxygens (including phenoxy) is 1. The fourth-order valence-electron chi connectivity index (χ4n) is 2.41. The predicted molar refractivity (Wildman–Crippen MR) is 65.9 cm³/mol. The minimum Gasteiger partial charge on any atom is -0.481 e. The molecule has 0 saturated carbocycles. The second-order valence-electron chi connectivity index (χ2n) is 5.15. The molecule has 5 atom stereocenters. The Bertz CT molecular complexity index is 319. The highest BCUT2D eigenvalue weighted by atomic mass is 16.5. The third kappa shape index (κ3) is 4.11. The molecular formula is C12H22O8. The van der Waals surface area contributed by atoms with E-state index in [1.54, 1.807) is 0 Å². The molecule has 1 unspecified atom stereocenters. The number of carbonyl (C=O) groups is 1. The van der Waals surface area contributed by atoms with E-state index in [0.717, 1.165) is 0 Å². The van der Waals surface area contributed by atoms with Crippen LogP contribution in [0.4, 0.5) is 0 Å². The molecule has 0 bridgehead atoms. The predicted octanol–water partition coefficient (Wildman–Crippen LogP) is -2.16. The van der Waals surface area contributed by atoms with Gasteiger partial charge in [-0.3, -0.25) is 4.79 Å². The summed E-state index contributed by atoms with van der Waals surface area (Å²) in [7, 11) is 0. The molecule has 1 rings (SSSR count). The number of carboxylic acid groups (broad SMARTS) is 1. The summed E-state index contributed by atoms with van der Waals surface area (Å²) >= 11 is 0. The maximum absolute atomic E-state index is 10.4. The van der Waals surface area contributed by atoms with E-state index in [-0.39, 0.29) is 32.3 Å². The van der Waals surface area contributed by atoms with Gasteiger partial charge in [0.25, 0.3) is 0 Å². The van der Waals surface area contributed by atoms with E-state index < -0.39 is 42.6 Å². The quantitative estimate of drug-likeness (QED) is 0.311. The molecule has 1 fully saturated rings. The minimum atomic E-state index is -1.98. The zero-order chi connectivity index (χ0) is 15.3. The van der Waals surface area contributed by atoms with Crippen molar-refractivity contribution in [1.82, 2.24) is 0 Å². The van der Waals surface area contributed by atoms with Gasteiger partial charge in [-0.15, -0.1) is 0 Å². The van der Waals surface area contributed by atoms with Crippen molar-refractivity contribution in [2.75, 3.05) is 13.2 Å². The monoisotopic (exact) mass is 294 g/mol. The summed E-state index contributed by atoms with van der Waals surface area (Å²) in [5.74, 6) is -0.986. The SMILES string of the molecule is O=C(O)CCCC(O)C[C@]1(O)[C@H](O)[C@@H](O)CO[C@@H]1CO. The van der Waals surface area contributed by atoms with Crippen molar-refractivity contribution in [2.45, 2.75) is 55.7 Å². The molecule has 1 aliphatic rings. The van der Waals surface area contributed by atoms with Crippen LogP contribution in [0.2, 0.25) is 0 Å². The number of aliphatic hydroxyl groups excluding tert-OH is 4. The number of carboxylic acids is 1. The average Bonchev–Trinajstić information content (AvgIpc) is 2.36. The first-order valence-electron chi connectivity index (χ1n) is 6.52. The topological polar surface area (TPSA) is 148 Å². The standard InChI is InChI=1S/C12H22O8/c13-5-9-12(19,11(18)8(15)6-20-9)4-7(14)2-1-3-10(16)17/h7-9,11,13-15,18-19H,1-6H2,(H,16,17)/t7?,8-,9+,11+,12+/m0/s1. The first-order valence-corrected chi connectivity index (χ1v) is 6.52. The number of hydrogen-bond donors (Lipinski definition) is 6. The van der Waals surface area contributed by atoms with Crippen molar-refractivity contribution in [2.24, 2.45) is 0 Å². The number of rotatable bonds is 7. The Morgan fingerprint density at radius 3 is 2.60 bits per heavy atom. The molecule has 0 amide bonds. The van der Waals surface area contributed by atoms with Gasteiger partial charge in [-0.1, -0.05) is 0 Å². The molecule has 0 spiro atoms. The zero-order valence-electron chi connectivity index (χ0n) is 11.1. The Kier molecular flexibility index (Phi) is 6.31. The van der Waals surface area contributed by atoms with Crippen molar-refractivity contribution in [3.8, 4) is 0 Å². The smallest absolute Gasteiger partial charge is 0.303 e. The maximum atomic E-state index is 10.4. The summed E-state index contributed by atoms with van der Waals surface area (Å²) in [5, 5.41) is 57.2. The Hall–Kier alpha value is -0.770. The highest BCUT2D eigenvalue weighted by molar-refractivity contribution is 5.66. The Morgan fingerprint density at radius 2 is 2.05 bits per heavy atom. The Balaban J connectivity index is 2.61. The molecule has 0 aromatic rings. The molecule has 1 heterocycles. The van der Waals surface area contributed by atoms with Gasteiger partial charge in [-0.05, 0) is 12.8 Å². The third-order valence-corrected chi connectivity index (χ3v) is 3.56. The second-order valence-corrected chi connectivity index (χ2v) is 5.15. The first-order chi connectivity index (χ1) is 9.31. The van der Waals surface area contributed by atoms with E-state index in [9.17, 15) is 25.2 Å². The lowest BCUT2D eigenvalue weighted by molar-refractivity contribution is -0.257. The highest BCUT2D eigenvalue weighted by Crippen LogP contribution is 2.31. The van der Waals surface area contributed by atoms with E-state index in [1.807, 2.05) is 0 Å². The fourth-order valence-corrected chi connectivity index (χ4v) is 2.41. The molecule has 20 heavy (non-hydrogen) atoms. The van der Waals surface area contributed by atoms with Crippen molar-refractivity contribution >= 4 is 5.97 Å². The average molecular weight is 294 g/mol. The number of aliphatic hydroxyl groups is 5. The maximum Gasteiger partial charge on any atom is 0.303 e. The zero-order valence-corrected chi connectivity index (χ0v) is 11.1. The van der Waals surface area contributed by atoms with Gasteiger partial charge in [-0.25, -0.2) is 0 Å². The van der Waals surface area contributed by atoms with Crippen LogP contribution >= 0.6 is 0 Å². The van der Waals surface area contributed by atoms with Gasteiger partial charge in [-0.2, -0.15) is 0 Å². The normalized spacial score (nSPS) is 35.8. The summed E-state index contributed by atoms with van der Waals surface area (Å²) in [4.78, 5) is 10.4. The van der Waals surface area contributed by atoms with Crippen LogP contribution in [-0.4, -0.2) is 79.8 Å². The Labute approximate surface area is 116 Å². The lowest BCUT2D eigenvalue weighted by Crippen LogP contribution is -2.64. The van der Waals surface area contributed by atoms with Crippen molar-refractivity contribution in [3.63, 3.8) is 0 Å². The molecule has 8 nitrogen and oxygen atoms in total. The van der Waals surface area contributed by atoms with Gasteiger partial charge in [0.2, 0.25) is 0 Å². The first kappa shape index (κ1) is 17.3. The highest BCUT2D eigenvalue weighted by Gasteiger charge is 2.51. The number of hydrogen-bond acceptors (Lipinski definition) is 7. The van der Waals surface area contributed by atoms with Crippen molar-refractivity contribution in [1.29, 1.82) is 0 Å². The minimum absolute atomic E-state index is 0.111. The van der Waals surface area contributed by atoms with E-state index in [0.29, 0.717) is 0 Å². The van der Waals surface area contributed by atoms with Crippen LogP contribution in [0.1, 0.15) is 25.7 Å². The van der Waals surface area contributed by atoms with Gasteiger partial charge in [0.05, 0.1) is 19.3 Å². The van der Waals surface area contributed by atoms with Crippen LogP contribution in [-0.2, 0) is 9.53 Å². The molecule has 0 aromatic carbocycles. The van der Waals surface area contributed by atoms with Crippen LogP contribution in [0.15, 0.2) is 0 Å². The Morgan fingerprint density at radius 1 is 1.40 bits per heavy atom. The van der Waals surface area contributed by atoms with Crippen LogP contribution in [0.3, 0.4) is 0 Å². The molecule has 1 aliphatic heterocycles. The van der Waals surface area contributed by atoms with Gasteiger partial charge >= 0.3 is 5.97 Å². The second kappa shape index (κ2) is 7.30. The van der Waals surface area contributed by atoms with Crippen LogP contribution in [0.5, 0.6) is 0 Å². The van der Waals surface area contributed by atoms with E-state index in [4.69, 9.17) is 14.9 Å². The van der Waals surface area contributed by atoms with Gasteiger partial charge < -0.3 is 35.4 Å². The molecule has 0 aromatic heterocycles. The molecule has 8 heteroatoms. The van der Waals surface area contributed by atoms with E-state index in [2.05, 4.69) is 0 Å². The van der Waals surface area contributed by atoms with Crippen molar-refractivity contribution in [3.05, 3.63) is 0 Å². The van der Waals surface area contributed by atoms with Gasteiger partial charge in [0, 0.05) is 12.8 Å². The molecule has 6 N–H and O–H groups in total. The molecule has 0 radical (unpaired) electrons. The van der Waals surface area contributed by atoms with Gasteiger partial charge in [0.1, 0.15) is 23.9 Å².